The number of carbonyl (C=O) groups is 1. The Morgan fingerprint density at radius 3 is 2.64 bits per heavy atom. The van der Waals surface area contributed by atoms with Crippen molar-refractivity contribution in [3.05, 3.63) is 23.3 Å². The van der Waals surface area contributed by atoms with Gasteiger partial charge in [0, 0.05) is 31.0 Å². The van der Waals surface area contributed by atoms with E-state index in [0.717, 1.165) is 42.0 Å². The maximum absolute atomic E-state index is 12.1. The van der Waals surface area contributed by atoms with E-state index in [9.17, 15) is 4.79 Å². The number of piperidine rings is 1. The number of imidazole rings is 1. The number of fused-ring (bicyclic) bond motifs is 1. The predicted molar refractivity (Wildman–Crippen MR) is 99.9 cm³/mol. The average Bonchev–Trinajstić information content (AvgIpc) is 2.87. The number of aromatic nitrogens is 3. The van der Waals surface area contributed by atoms with Crippen molar-refractivity contribution in [2.24, 2.45) is 0 Å². The maximum atomic E-state index is 12.1. The van der Waals surface area contributed by atoms with Crippen LogP contribution in [-0.4, -0.2) is 44.7 Å². The zero-order valence-corrected chi connectivity index (χ0v) is 16.6. The molecule has 0 saturated carbocycles. The highest BCUT2D eigenvalue weighted by molar-refractivity contribution is 9.10. The first kappa shape index (κ1) is 18.0. The average molecular weight is 410 g/mol. The molecule has 0 aliphatic carbocycles. The van der Waals surface area contributed by atoms with Crippen LogP contribution >= 0.6 is 15.9 Å². The lowest BCUT2D eigenvalue weighted by atomic mass is 9.90. The lowest BCUT2D eigenvalue weighted by Crippen LogP contribution is -2.54. The van der Waals surface area contributed by atoms with E-state index in [1.807, 2.05) is 37.6 Å². The zero-order chi connectivity index (χ0) is 18.2. The Balaban J connectivity index is 1.68. The van der Waals surface area contributed by atoms with Crippen LogP contribution in [0.15, 0.2) is 23.3 Å². The molecule has 1 aliphatic rings. The van der Waals surface area contributed by atoms with Crippen LogP contribution in [0.4, 0.5) is 10.6 Å². The fourth-order valence-corrected chi connectivity index (χ4v) is 3.42. The molecular formula is C17H24BrN5O2. The van der Waals surface area contributed by atoms with Crippen molar-refractivity contribution < 1.29 is 9.53 Å². The summed E-state index contributed by atoms with van der Waals surface area (Å²) in [6.07, 6.45) is 6.77. The van der Waals surface area contributed by atoms with E-state index >= 15 is 0 Å². The van der Waals surface area contributed by atoms with Crippen molar-refractivity contribution in [3.8, 4) is 0 Å². The molecule has 0 unspecified atom stereocenters. The summed E-state index contributed by atoms with van der Waals surface area (Å²) in [4.78, 5) is 23.1. The van der Waals surface area contributed by atoms with E-state index in [0.29, 0.717) is 0 Å². The van der Waals surface area contributed by atoms with Crippen LogP contribution in [0, 0.1) is 0 Å². The molecule has 0 atom stereocenters. The SMILES string of the molecule is CC1(NC(=O)OC(C)(C)C)CCN(c2nccn3c(Br)ncc23)CC1. The maximum Gasteiger partial charge on any atom is 0.408 e. The van der Waals surface area contributed by atoms with Gasteiger partial charge in [0.2, 0.25) is 0 Å². The Labute approximate surface area is 155 Å². The number of carbonyl (C=O) groups excluding carboxylic acids is 1. The summed E-state index contributed by atoms with van der Waals surface area (Å²) in [5.74, 6) is 0.917. The predicted octanol–water partition coefficient (Wildman–Crippen LogP) is 3.38. The number of anilines is 1. The van der Waals surface area contributed by atoms with Gasteiger partial charge < -0.3 is 15.0 Å². The number of halogens is 1. The van der Waals surface area contributed by atoms with Gasteiger partial charge >= 0.3 is 6.09 Å². The first-order valence-corrected chi connectivity index (χ1v) is 9.20. The van der Waals surface area contributed by atoms with Crippen LogP contribution in [-0.2, 0) is 4.74 Å². The van der Waals surface area contributed by atoms with Crippen LogP contribution in [0.5, 0.6) is 0 Å². The molecule has 0 spiro atoms. The molecule has 1 fully saturated rings. The quantitative estimate of drug-likeness (QED) is 0.822. The fraction of sp³-hybridized carbons (Fsp3) is 0.588. The molecule has 1 N–H and O–H groups in total. The second-order valence-corrected chi connectivity index (χ2v) is 8.42. The van der Waals surface area contributed by atoms with Gasteiger partial charge in [-0.1, -0.05) is 0 Å². The van der Waals surface area contributed by atoms with Gasteiger partial charge in [0.05, 0.1) is 6.20 Å². The lowest BCUT2D eigenvalue weighted by Gasteiger charge is -2.40. The number of ether oxygens (including phenoxy) is 1. The highest BCUT2D eigenvalue weighted by Crippen LogP contribution is 2.28. The molecule has 1 aliphatic heterocycles. The largest absolute Gasteiger partial charge is 0.444 e. The fourth-order valence-electron chi connectivity index (χ4n) is 3.01. The van der Waals surface area contributed by atoms with Gasteiger partial charge in [-0.2, -0.15) is 0 Å². The molecule has 0 aromatic carbocycles. The normalized spacial score (nSPS) is 17.6. The van der Waals surface area contributed by atoms with Gasteiger partial charge in [-0.15, -0.1) is 0 Å². The second kappa shape index (κ2) is 6.48. The second-order valence-electron chi connectivity index (χ2n) is 7.71. The van der Waals surface area contributed by atoms with E-state index in [1.165, 1.54) is 0 Å². The highest BCUT2D eigenvalue weighted by atomic mass is 79.9. The van der Waals surface area contributed by atoms with Gasteiger partial charge in [-0.05, 0) is 56.5 Å². The summed E-state index contributed by atoms with van der Waals surface area (Å²) in [5, 5.41) is 3.03. The Morgan fingerprint density at radius 1 is 1.32 bits per heavy atom. The zero-order valence-electron chi connectivity index (χ0n) is 15.0. The lowest BCUT2D eigenvalue weighted by molar-refractivity contribution is 0.0448. The third-order valence-corrected chi connectivity index (χ3v) is 4.95. The van der Waals surface area contributed by atoms with Crippen molar-refractivity contribution in [2.75, 3.05) is 18.0 Å². The number of amides is 1. The molecule has 25 heavy (non-hydrogen) atoms. The molecule has 3 heterocycles. The molecule has 3 rings (SSSR count). The molecule has 1 amide bonds. The molecule has 0 bridgehead atoms. The van der Waals surface area contributed by atoms with Crippen molar-refractivity contribution >= 4 is 33.4 Å². The molecular weight excluding hydrogens is 386 g/mol. The minimum Gasteiger partial charge on any atom is -0.444 e. The Kier molecular flexibility index (Phi) is 4.66. The molecule has 2 aromatic heterocycles. The van der Waals surface area contributed by atoms with Crippen LogP contribution in [0.3, 0.4) is 0 Å². The number of hydrogen-bond donors (Lipinski definition) is 1. The summed E-state index contributed by atoms with van der Waals surface area (Å²) >= 11 is 3.44. The van der Waals surface area contributed by atoms with Crippen LogP contribution < -0.4 is 10.2 Å². The third kappa shape index (κ3) is 4.05. The van der Waals surface area contributed by atoms with Crippen molar-refractivity contribution in [3.63, 3.8) is 0 Å². The standard InChI is InChI=1S/C17H24BrN5O2/c1-16(2,3)25-15(24)21-17(4)5-8-22(9-6-17)13-12-11-20-14(18)23(12)10-7-19-13/h7,10-11H,5-6,8-9H2,1-4H3,(H,21,24). The van der Waals surface area contributed by atoms with Gasteiger partial charge in [0.25, 0.3) is 0 Å². The number of nitrogens with one attached hydrogen (secondary N) is 1. The minimum atomic E-state index is -0.490. The van der Waals surface area contributed by atoms with E-state index in [2.05, 4.69) is 43.0 Å². The van der Waals surface area contributed by atoms with Crippen LogP contribution in [0.25, 0.3) is 5.52 Å². The first-order chi connectivity index (χ1) is 11.7. The van der Waals surface area contributed by atoms with Crippen molar-refractivity contribution in [1.29, 1.82) is 0 Å². The molecule has 0 radical (unpaired) electrons. The van der Waals surface area contributed by atoms with E-state index in [1.54, 1.807) is 6.20 Å². The van der Waals surface area contributed by atoms with Gasteiger partial charge in [-0.25, -0.2) is 14.8 Å². The molecule has 7 nitrogen and oxygen atoms in total. The topological polar surface area (TPSA) is 71.8 Å². The van der Waals surface area contributed by atoms with Gasteiger partial charge in [-0.3, -0.25) is 4.40 Å². The number of alkyl carbamates (subject to hydrolysis) is 1. The minimum absolute atomic E-state index is 0.273. The number of hydrogen-bond acceptors (Lipinski definition) is 5. The summed E-state index contributed by atoms with van der Waals surface area (Å²) in [6.45, 7) is 9.29. The third-order valence-electron chi connectivity index (χ3n) is 4.36. The molecule has 8 heteroatoms. The van der Waals surface area contributed by atoms with E-state index in [-0.39, 0.29) is 11.6 Å². The number of nitrogens with zero attached hydrogens (tertiary/aromatic N) is 4. The van der Waals surface area contributed by atoms with Gasteiger partial charge in [0.15, 0.2) is 10.6 Å². The van der Waals surface area contributed by atoms with Gasteiger partial charge in [0.1, 0.15) is 11.1 Å². The molecule has 2 aromatic rings. The summed E-state index contributed by atoms with van der Waals surface area (Å²) in [7, 11) is 0. The smallest absolute Gasteiger partial charge is 0.408 e. The van der Waals surface area contributed by atoms with Crippen LogP contribution in [0.1, 0.15) is 40.5 Å². The monoisotopic (exact) mass is 409 g/mol. The summed E-state index contributed by atoms with van der Waals surface area (Å²) < 4.78 is 8.12. The van der Waals surface area contributed by atoms with E-state index < -0.39 is 5.60 Å². The van der Waals surface area contributed by atoms with Crippen molar-refractivity contribution in [2.45, 2.75) is 51.7 Å². The molecule has 136 valence electrons. The Hall–Kier alpha value is -1.83. The number of rotatable bonds is 2. The van der Waals surface area contributed by atoms with E-state index in [4.69, 9.17) is 4.74 Å². The summed E-state index contributed by atoms with van der Waals surface area (Å²) in [5.41, 5.74) is 0.207. The summed E-state index contributed by atoms with van der Waals surface area (Å²) in [6, 6.07) is 0. The van der Waals surface area contributed by atoms with Crippen molar-refractivity contribution in [1.82, 2.24) is 19.7 Å². The Bertz CT molecular complexity index is 775. The molecule has 1 saturated heterocycles. The first-order valence-electron chi connectivity index (χ1n) is 8.41. The highest BCUT2D eigenvalue weighted by Gasteiger charge is 2.34. The van der Waals surface area contributed by atoms with Crippen LogP contribution in [0.2, 0.25) is 0 Å². The Morgan fingerprint density at radius 2 is 2.00 bits per heavy atom.